The number of oxazole rings is 1. The van der Waals surface area contributed by atoms with Gasteiger partial charge in [-0.3, -0.25) is 4.79 Å². The summed E-state index contributed by atoms with van der Waals surface area (Å²) in [5, 5.41) is 14.5. The second-order valence-electron chi connectivity index (χ2n) is 6.32. The highest BCUT2D eigenvalue weighted by molar-refractivity contribution is 6.04. The number of halogens is 2. The molecule has 0 aliphatic carbocycles. The summed E-state index contributed by atoms with van der Waals surface area (Å²) < 4.78 is 7.32. The summed E-state index contributed by atoms with van der Waals surface area (Å²) in [6.07, 6.45) is 1.99. The quantitative estimate of drug-likeness (QED) is 0.685. The molecule has 0 unspecified atom stereocenters. The second kappa shape index (κ2) is 8.69. The number of carbonyl (C=O) groups is 1. The lowest BCUT2D eigenvalue weighted by atomic mass is 10.1. The van der Waals surface area contributed by atoms with E-state index in [-0.39, 0.29) is 30.7 Å². The van der Waals surface area contributed by atoms with E-state index in [0.29, 0.717) is 34.4 Å². The van der Waals surface area contributed by atoms with Crippen molar-refractivity contribution in [3.8, 4) is 0 Å². The Balaban J connectivity index is 0.00000131. The van der Waals surface area contributed by atoms with Gasteiger partial charge in [-0.1, -0.05) is 5.21 Å². The fraction of sp³-hybridized carbons (Fsp3) is 0.412. The van der Waals surface area contributed by atoms with E-state index in [4.69, 9.17) is 4.42 Å². The van der Waals surface area contributed by atoms with Crippen LogP contribution in [0.1, 0.15) is 41.0 Å². The summed E-state index contributed by atoms with van der Waals surface area (Å²) in [5.41, 5.74) is 3.22. The molecule has 0 radical (unpaired) electrons. The number of piperidine rings is 1. The molecular weight excluding hydrogens is 391 g/mol. The van der Waals surface area contributed by atoms with Crippen LogP contribution in [-0.2, 0) is 0 Å². The lowest BCUT2D eigenvalue weighted by Crippen LogP contribution is -2.30. The molecule has 1 aliphatic heterocycles. The highest BCUT2D eigenvalue weighted by Gasteiger charge is 2.23. The van der Waals surface area contributed by atoms with Crippen LogP contribution in [0.25, 0.3) is 11.1 Å². The van der Waals surface area contributed by atoms with Crippen molar-refractivity contribution < 1.29 is 9.21 Å². The smallest absolute Gasteiger partial charge is 0.278 e. The Hall–Kier alpha value is -2.16. The lowest BCUT2D eigenvalue weighted by Gasteiger charge is -2.23. The molecule has 3 aromatic rings. The molecule has 2 aromatic heterocycles. The van der Waals surface area contributed by atoms with Crippen molar-refractivity contribution in [3.05, 3.63) is 35.5 Å². The van der Waals surface area contributed by atoms with Crippen molar-refractivity contribution >= 4 is 47.5 Å². The molecule has 0 atom stereocenters. The molecule has 146 valence electrons. The zero-order valence-corrected chi connectivity index (χ0v) is 16.7. The first kappa shape index (κ1) is 21.1. The molecule has 8 nitrogen and oxygen atoms in total. The minimum atomic E-state index is -0.266. The van der Waals surface area contributed by atoms with Crippen molar-refractivity contribution in [2.75, 3.05) is 18.4 Å². The first-order valence-electron chi connectivity index (χ1n) is 8.43. The predicted molar refractivity (Wildman–Crippen MR) is 107 cm³/mol. The molecule has 0 spiro atoms. The molecule has 4 rings (SSSR count). The number of anilines is 1. The number of carbonyl (C=O) groups excluding carboxylic acids is 1. The highest BCUT2D eigenvalue weighted by Crippen LogP contribution is 2.22. The van der Waals surface area contributed by atoms with Crippen LogP contribution in [0.15, 0.2) is 22.6 Å². The van der Waals surface area contributed by atoms with E-state index < -0.39 is 0 Å². The van der Waals surface area contributed by atoms with Gasteiger partial charge in [-0.2, -0.15) is 0 Å². The number of rotatable bonds is 3. The van der Waals surface area contributed by atoms with E-state index in [9.17, 15) is 4.79 Å². The molecule has 0 saturated carbocycles. The summed E-state index contributed by atoms with van der Waals surface area (Å²) in [7, 11) is 0. The van der Waals surface area contributed by atoms with Gasteiger partial charge in [0, 0.05) is 12.6 Å². The van der Waals surface area contributed by atoms with Crippen LogP contribution in [0.5, 0.6) is 0 Å². The topological polar surface area (TPSA) is 97.9 Å². The van der Waals surface area contributed by atoms with E-state index in [1.807, 2.05) is 11.6 Å². The average Bonchev–Trinajstić information content (AvgIpc) is 3.17. The third kappa shape index (κ3) is 4.23. The molecular formula is C17H22Cl2N6O2. The van der Waals surface area contributed by atoms with Crippen LogP contribution in [-0.4, -0.2) is 39.0 Å². The number of fused-ring (bicyclic) bond motifs is 1. The molecule has 1 aromatic carbocycles. The van der Waals surface area contributed by atoms with Gasteiger partial charge < -0.3 is 15.1 Å². The fourth-order valence-electron chi connectivity index (χ4n) is 3.26. The van der Waals surface area contributed by atoms with Gasteiger partial charge in [0.15, 0.2) is 17.2 Å². The first-order valence-corrected chi connectivity index (χ1v) is 8.43. The Morgan fingerprint density at radius 3 is 2.74 bits per heavy atom. The van der Waals surface area contributed by atoms with E-state index in [0.717, 1.165) is 31.6 Å². The van der Waals surface area contributed by atoms with Crippen LogP contribution in [0.4, 0.5) is 5.69 Å². The zero-order valence-electron chi connectivity index (χ0n) is 15.1. The third-order valence-corrected chi connectivity index (χ3v) is 4.55. The Morgan fingerprint density at radius 2 is 2.00 bits per heavy atom. The summed E-state index contributed by atoms with van der Waals surface area (Å²) in [4.78, 5) is 16.9. The predicted octanol–water partition coefficient (Wildman–Crippen LogP) is 3.06. The Bertz CT molecular complexity index is 933. The number of aryl methyl sites for hydroxylation is 1. The summed E-state index contributed by atoms with van der Waals surface area (Å²) in [6.45, 7) is 5.60. The summed E-state index contributed by atoms with van der Waals surface area (Å²) >= 11 is 0. The first-order chi connectivity index (χ1) is 12.1. The Labute approximate surface area is 168 Å². The molecule has 1 fully saturated rings. The molecule has 1 amide bonds. The molecule has 2 N–H and O–H groups in total. The van der Waals surface area contributed by atoms with Crippen molar-refractivity contribution in [2.45, 2.75) is 32.7 Å². The van der Waals surface area contributed by atoms with Gasteiger partial charge in [0.25, 0.3) is 5.91 Å². The summed E-state index contributed by atoms with van der Waals surface area (Å²) in [5.74, 6) is 0.330. The normalized spacial score (nSPS) is 14.4. The minimum absolute atomic E-state index is 0. The molecule has 10 heteroatoms. The highest BCUT2D eigenvalue weighted by atomic mass is 35.5. The van der Waals surface area contributed by atoms with E-state index in [1.165, 1.54) is 0 Å². The van der Waals surface area contributed by atoms with Gasteiger partial charge in [-0.05, 0) is 51.1 Å². The molecule has 1 saturated heterocycles. The standard InChI is InChI=1S/C17H20N6O2.2ClH/c1-10-16(21-22-23(10)13-5-7-18-8-6-13)17(24)20-12-3-4-15-14(9-12)19-11(2)25-15;;/h3-4,9,13,18H,5-8H2,1-2H3,(H,20,24);2*1H. The maximum Gasteiger partial charge on any atom is 0.278 e. The maximum absolute atomic E-state index is 12.6. The molecule has 3 heterocycles. The van der Waals surface area contributed by atoms with Gasteiger partial charge in [0.05, 0.1) is 11.7 Å². The van der Waals surface area contributed by atoms with Gasteiger partial charge in [-0.25, -0.2) is 9.67 Å². The number of aromatic nitrogens is 4. The zero-order chi connectivity index (χ0) is 17.4. The number of hydrogen-bond donors (Lipinski definition) is 2. The fourth-order valence-corrected chi connectivity index (χ4v) is 3.26. The number of nitrogens with one attached hydrogen (secondary N) is 2. The van der Waals surface area contributed by atoms with Gasteiger partial charge >= 0.3 is 0 Å². The van der Waals surface area contributed by atoms with Crippen LogP contribution in [0.3, 0.4) is 0 Å². The van der Waals surface area contributed by atoms with Gasteiger partial charge in [-0.15, -0.1) is 29.9 Å². The van der Waals surface area contributed by atoms with Crippen molar-refractivity contribution in [2.24, 2.45) is 0 Å². The van der Waals surface area contributed by atoms with E-state index in [1.54, 1.807) is 25.1 Å². The van der Waals surface area contributed by atoms with Crippen molar-refractivity contribution in [3.63, 3.8) is 0 Å². The van der Waals surface area contributed by atoms with Crippen molar-refractivity contribution in [1.82, 2.24) is 25.3 Å². The largest absolute Gasteiger partial charge is 0.441 e. The monoisotopic (exact) mass is 412 g/mol. The lowest BCUT2D eigenvalue weighted by molar-refractivity contribution is 0.102. The molecule has 1 aliphatic rings. The number of benzene rings is 1. The van der Waals surface area contributed by atoms with Gasteiger partial charge in [0.2, 0.25) is 0 Å². The Kier molecular flexibility index (Phi) is 6.80. The van der Waals surface area contributed by atoms with Crippen molar-refractivity contribution in [1.29, 1.82) is 0 Å². The second-order valence-corrected chi connectivity index (χ2v) is 6.32. The van der Waals surface area contributed by atoms with Crippen LogP contribution in [0, 0.1) is 13.8 Å². The number of nitrogens with zero attached hydrogens (tertiary/aromatic N) is 4. The number of amides is 1. The van der Waals surface area contributed by atoms with Crippen LogP contribution < -0.4 is 10.6 Å². The summed E-state index contributed by atoms with van der Waals surface area (Å²) in [6, 6.07) is 5.67. The van der Waals surface area contributed by atoms with Crippen LogP contribution in [0.2, 0.25) is 0 Å². The van der Waals surface area contributed by atoms with Gasteiger partial charge in [0.1, 0.15) is 5.52 Å². The van der Waals surface area contributed by atoms with E-state index >= 15 is 0 Å². The van der Waals surface area contributed by atoms with E-state index in [2.05, 4.69) is 25.9 Å². The van der Waals surface area contributed by atoms with Crippen LogP contribution >= 0.6 is 24.8 Å². The maximum atomic E-state index is 12.6. The minimum Gasteiger partial charge on any atom is -0.441 e. The average molecular weight is 413 g/mol. The SMILES string of the molecule is Cc1nc2cc(NC(=O)c3nnn(C4CCNCC4)c3C)ccc2o1.Cl.Cl. The Morgan fingerprint density at radius 1 is 1.26 bits per heavy atom. The molecule has 27 heavy (non-hydrogen) atoms. The molecule has 0 bridgehead atoms. The number of hydrogen-bond acceptors (Lipinski definition) is 6. The third-order valence-electron chi connectivity index (χ3n) is 4.55.